The average Bonchev–Trinajstić information content (AvgIpc) is 2.53. The summed E-state index contributed by atoms with van der Waals surface area (Å²) in [7, 11) is 0. The van der Waals surface area contributed by atoms with Gasteiger partial charge in [-0.05, 0) is 31.9 Å². The Morgan fingerprint density at radius 2 is 2.11 bits per heavy atom. The van der Waals surface area contributed by atoms with E-state index in [1.165, 1.54) is 19.3 Å². The summed E-state index contributed by atoms with van der Waals surface area (Å²) in [6.07, 6.45) is 3.63. The lowest BCUT2D eigenvalue weighted by Gasteiger charge is -2.38. The first-order chi connectivity index (χ1) is 8.62. The molecule has 0 radical (unpaired) electrons. The first-order valence-corrected chi connectivity index (χ1v) is 7.09. The minimum Gasteiger partial charge on any atom is -0.382 e. The summed E-state index contributed by atoms with van der Waals surface area (Å²) in [5.41, 5.74) is 7.49. The fourth-order valence-corrected chi connectivity index (χ4v) is 3.08. The van der Waals surface area contributed by atoms with Gasteiger partial charge in [0.15, 0.2) is 5.66 Å². The smallest absolute Gasteiger partial charge is 0.181 e. The number of hydrogen-bond donors (Lipinski definition) is 1. The highest BCUT2D eigenvalue weighted by atomic mass is 79.9. The Kier molecular flexibility index (Phi) is 2.77. The van der Waals surface area contributed by atoms with Gasteiger partial charge < -0.3 is 5.73 Å². The lowest BCUT2D eigenvalue weighted by molar-refractivity contribution is 0.179. The van der Waals surface area contributed by atoms with Gasteiger partial charge in [0.2, 0.25) is 0 Å². The molecule has 18 heavy (non-hydrogen) atoms. The molecule has 0 amide bonds. The van der Waals surface area contributed by atoms with Crippen molar-refractivity contribution in [3.8, 4) is 0 Å². The maximum Gasteiger partial charge on any atom is 0.181 e. The standard InChI is InChI=1S/C14H16BrN3/c1-9-13(16)18-14(17-9,10-4-2-5-10)11-6-3-7-12(15)8-11/h3,6-8,10H,2,4-5H2,1H3,(H2,16,18)/t14-/m1/s1. The van der Waals surface area contributed by atoms with E-state index in [-0.39, 0.29) is 0 Å². The number of rotatable bonds is 2. The second-order valence-corrected chi connectivity index (χ2v) is 5.97. The normalized spacial score (nSPS) is 27.7. The monoisotopic (exact) mass is 305 g/mol. The Labute approximate surface area is 115 Å². The van der Waals surface area contributed by atoms with E-state index in [9.17, 15) is 0 Å². The number of nitrogens with two attached hydrogens (primary N) is 1. The molecular formula is C14H16BrN3. The molecule has 3 nitrogen and oxygen atoms in total. The van der Waals surface area contributed by atoms with Gasteiger partial charge in [0.05, 0.1) is 5.71 Å². The maximum absolute atomic E-state index is 5.95. The summed E-state index contributed by atoms with van der Waals surface area (Å²) in [6, 6.07) is 8.27. The molecule has 1 fully saturated rings. The third-order valence-corrected chi connectivity index (χ3v) is 4.42. The predicted molar refractivity (Wildman–Crippen MR) is 77.9 cm³/mol. The molecule has 94 valence electrons. The van der Waals surface area contributed by atoms with Crippen LogP contribution in [0.4, 0.5) is 0 Å². The molecule has 1 aliphatic heterocycles. The average molecular weight is 306 g/mol. The van der Waals surface area contributed by atoms with Crippen LogP contribution in [-0.4, -0.2) is 11.5 Å². The van der Waals surface area contributed by atoms with Crippen molar-refractivity contribution < 1.29 is 0 Å². The molecule has 1 atom stereocenters. The molecule has 4 heteroatoms. The summed E-state index contributed by atoms with van der Waals surface area (Å²) in [5, 5.41) is 0. The van der Waals surface area contributed by atoms with Crippen LogP contribution in [0.1, 0.15) is 31.7 Å². The molecule has 1 heterocycles. The molecule has 0 unspecified atom stereocenters. The Balaban J connectivity index is 2.12. The zero-order chi connectivity index (χ0) is 12.8. The van der Waals surface area contributed by atoms with Crippen LogP contribution >= 0.6 is 15.9 Å². The van der Waals surface area contributed by atoms with E-state index in [1.54, 1.807) is 0 Å². The highest BCUT2D eigenvalue weighted by molar-refractivity contribution is 9.10. The molecule has 1 aliphatic carbocycles. The summed E-state index contributed by atoms with van der Waals surface area (Å²) < 4.78 is 1.06. The van der Waals surface area contributed by atoms with E-state index in [0.29, 0.717) is 11.8 Å². The van der Waals surface area contributed by atoms with Gasteiger partial charge in [-0.25, -0.2) is 4.99 Å². The Morgan fingerprint density at radius 1 is 1.33 bits per heavy atom. The zero-order valence-electron chi connectivity index (χ0n) is 10.4. The third kappa shape index (κ3) is 1.70. The molecule has 2 aliphatic rings. The van der Waals surface area contributed by atoms with E-state index in [0.717, 1.165) is 15.7 Å². The van der Waals surface area contributed by atoms with Crippen LogP contribution in [0, 0.1) is 5.92 Å². The van der Waals surface area contributed by atoms with Crippen molar-refractivity contribution in [3.63, 3.8) is 0 Å². The highest BCUT2D eigenvalue weighted by Crippen LogP contribution is 2.48. The topological polar surface area (TPSA) is 50.7 Å². The van der Waals surface area contributed by atoms with Crippen LogP contribution in [0.25, 0.3) is 0 Å². The zero-order valence-corrected chi connectivity index (χ0v) is 11.9. The van der Waals surface area contributed by atoms with Crippen molar-refractivity contribution in [2.24, 2.45) is 21.6 Å². The lowest BCUT2D eigenvalue weighted by atomic mass is 9.73. The minimum absolute atomic E-state index is 0.462. The largest absolute Gasteiger partial charge is 0.382 e. The van der Waals surface area contributed by atoms with Gasteiger partial charge in [-0.3, -0.25) is 4.99 Å². The molecule has 1 saturated carbocycles. The van der Waals surface area contributed by atoms with Crippen LogP contribution in [0.3, 0.4) is 0 Å². The molecule has 2 N–H and O–H groups in total. The van der Waals surface area contributed by atoms with Crippen LogP contribution in [0.2, 0.25) is 0 Å². The SMILES string of the molecule is CC1=N[C@](c2cccc(Br)c2)(C2CCC2)N=C1N. The Bertz CT molecular complexity index is 526. The van der Waals surface area contributed by atoms with Crippen LogP contribution in [0.15, 0.2) is 38.7 Å². The van der Waals surface area contributed by atoms with E-state index in [2.05, 4.69) is 28.1 Å². The number of amidine groups is 1. The molecule has 1 aromatic carbocycles. The molecule has 0 aromatic heterocycles. The van der Waals surface area contributed by atoms with Crippen LogP contribution < -0.4 is 5.73 Å². The fourth-order valence-electron chi connectivity index (χ4n) is 2.68. The maximum atomic E-state index is 5.95. The lowest BCUT2D eigenvalue weighted by Crippen LogP contribution is -2.35. The number of hydrogen-bond acceptors (Lipinski definition) is 3. The summed E-state index contributed by atoms with van der Waals surface area (Å²) >= 11 is 3.52. The first-order valence-electron chi connectivity index (χ1n) is 6.30. The number of aliphatic imine (C=N–C) groups is 2. The second kappa shape index (κ2) is 4.19. The van der Waals surface area contributed by atoms with Crippen molar-refractivity contribution in [1.82, 2.24) is 0 Å². The molecule has 0 spiro atoms. The first kappa shape index (κ1) is 11.9. The molecule has 0 saturated heterocycles. The highest BCUT2D eigenvalue weighted by Gasteiger charge is 2.46. The number of halogens is 1. The van der Waals surface area contributed by atoms with E-state index in [4.69, 9.17) is 15.7 Å². The number of nitrogens with zero attached hydrogens (tertiary/aromatic N) is 2. The van der Waals surface area contributed by atoms with Gasteiger partial charge in [0, 0.05) is 16.0 Å². The van der Waals surface area contributed by atoms with Crippen molar-refractivity contribution in [2.45, 2.75) is 31.8 Å². The molecule has 3 rings (SSSR count). The molecule has 1 aromatic rings. The van der Waals surface area contributed by atoms with Crippen molar-refractivity contribution in [3.05, 3.63) is 34.3 Å². The number of benzene rings is 1. The summed E-state index contributed by atoms with van der Waals surface area (Å²) in [5.74, 6) is 1.07. The van der Waals surface area contributed by atoms with Crippen molar-refractivity contribution in [2.75, 3.05) is 0 Å². The Morgan fingerprint density at radius 3 is 2.61 bits per heavy atom. The van der Waals surface area contributed by atoms with Crippen LogP contribution in [0.5, 0.6) is 0 Å². The van der Waals surface area contributed by atoms with Crippen molar-refractivity contribution >= 4 is 27.5 Å². The summed E-state index contributed by atoms with van der Waals surface area (Å²) in [4.78, 5) is 9.51. The van der Waals surface area contributed by atoms with Crippen molar-refractivity contribution in [1.29, 1.82) is 0 Å². The predicted octanol–water partition coefficient (Wildman–Crippen LogP) is 3.23. The summed E-state index contributed by atoms with van der Waals surface area (Å²) in [6.45, 7) is 1.94. The fraction of sp³-hybridized carbons (Fsp3) is 0.429. The van der Waals surface area contributed by atoms with Gasteiger partial charge in [-0.2, -0.15) is 0 Å². The van der Waals surface area contributed by atoms with Gasteiger partial charge in [-0.15, -0.1) is 0 Å². The van der Waals surface area contributed by atoms with E-state index >= 15 is 0 Å². The van der Waals surface area contributed by atoms with Gasteiger partial charge in [0.1, 0.15) is 5.84 Å². The second-order valence-electron chi connectivity index (χ2n) is 5.06. The van der Waals surface area contributed by atoms with E-state index < -0.39 is 5.66 Å². The van der Waals surface area contributed by atoms with Gasteiger partial charge in [-0.1, -0.05) is 34.5 Å². The minimum atomic E-state index is -0.462. The Hall–Kier alpha value is -1.16. The third-order valence-electron chi connectivity index (χ3n) is 3.92. The van der Waals surface area contributed by atoms with E-state index in [1.807, 2.05) is 19.1 Å². The molecule has 0 bridgehead atoms. The molecular weight excluding hydrogens is 290 g/mol. The quantitative estimate of drug-likeness (QED) is 0.896. The van der Waals surface area contributed by atoms with Gasteiger partial charge >= 0.3 is 0 Å². The van der Waals surface area contributed by atoms with Gasteiger partial charge in [0.25, 0.3) is 0 Å². The van der Waals surface area contributed by atoms with Crippen LogP contribution in [-0.2, 0) is 5.66 Å².